The summed E-state index contributed by atoms with van der Waals surface area (Å²) in [7, 11) is 0. The predicted octanol–water partition coefficient (Wildman–Crippen LogP) is 6.16. The third-order valence-electron chi connectivity index (χ3n) is 5.11. The van der Waals surface area contributed by atoms with Crippen molar-refractivity contribution >= 4 is 5.78 Å². The summed E-state index contributed by atoms with van der Waals surface area (Å²) in [5.74, 6) is -0.656. The number of carbonyl (C=O) groups is 1. The van der Waals surface area contributed by atoms with Gasteiger partial charge in [-0.25, -0.2) is 0 Å². The smallest absolute Gasteiger partial charge is 0.283 e. The summed E-state index contributed by atoms with van der Waals surface area (Å²) in [6, 6.07) is 0. The lowest BCUT2D eigenvalue weighted by Gasteiger charge is -2.26. The van der Waals surface area contributed by atoms with Crippen molar-refractivity contribution in [2.24, 2.45) is 0 Å². The molecule has 1 heterocycles. The molecule has 1 aliphatic heterocycles. The average Bonchev–Trinajstić information content (AvgIpc) is 3.10. The largest absolute Gasteiger partial charge is 0.328 e. The molecule has 4 nitrogen and oxygen atoms in total. The first-order valence-corrected chi connectivity index (χ1v) is 11.2. The van der Waals surface area contributed by atoms with E-state index in [9.17, 15) is 4.79 Å². The molecule has 1 saturated heterocycles. The Labute approximate surface area is 161 Å². The van der Waals surface area contributed by atoms with Gasteiger partial charge >= 0.3 is 0 Å². The minimum absolute atomic E-state index is 0.301. The van der Waals surface area contributed by atoms with Crippen LogP contribution in [0.4, 0.5) is 0 Å². The van der Waals surface area contributed by atoms with E-state index < -0.39 is 5.97 Å². The highest BCUT2D eigenvalue weighted by Gasteiger charge is 2.37. The van der Waals surface area contributed by atoms with E-state index in [2.05, 4.69) is 6.92 Å². The fraction of sp³-hybridized carbons (Fsp3) is 0.955. The van der Waals surface area contributed by atoms with Gasteiger partial charge in [0.05, 0.1) is 13.2 Å². The van der Waals surface area contributed by atoms with Crippen LogP contribution in [0, 0.1) is 0 Å². The molecule has 0 aromatic carbocycles. The number of ether oxygens (including phenoxy) is 3. The Morgan fingerprint density at radius 1 is 0.769 bits per heavy atom. The first kappa shape index (κ1) is 23.6. The van der Waals surface area contributed by atoms with E-state index in [0.29, 0.717) is 44.9 Å². The van der Waals surface area contributed by atoms with Gasteiger partial charge in [0.15, 0.2) is 0 Å². The number of unbranched alkanes of at least 4 members (excludes halogenated alkanes) is 11. The van der Waals surface area contributed by atoms with Crippen LogP contribution in [0.15, 0.2) is 0 Å². The molecular weight excluding hydrogens is 328 g/mol. The Morgan fingerprint density at radius 3 is 1.77 bits per heavy atom. The SMILES string of the molecule is CCCCCCCCCCCCCCC(=O)CCC1(OCC)OCCO1. The van der Waals surface area contributed by atoms with Crippen molar-refractivity contribution in [1.29, 1.82) is 0 Å². The normalized spacial score (nSPS) is 16.2. The van der Waals surface area contributed by atoms with Crippen molar-refractivity contribution in [3.63, 3.8) is 0 Å². The summed E-state index contributed by atoms with van der Waals surface area (Å²) < 4.78 is 16.7. The third kappa shape index (κ3) is 11.3. The molecule has 0 saturated carbocycles. The summed E-state index contributed by atoms with van der Waals surface area (Å²) in [5.41, 5.74) is 0. The quantitative estimate of drug-likeness (QED) is 0.271. The number of rotatable bonds is 18. The van der Waals surface area contributed by atoms with Gasteiger partial charge in [0.1, 0.15) is 5.78 Å². The molecule has 0 spiro atoms. The lowest BCUT2D eigenvalue weighted by atomic mass is 10.0. The molecule has 0 unspecified atom stereocenters. The first-order valence-electron chi connectivity index (χ1n) is 11.2. The van der Waals surface area contributed by atoms with E-state index in [4.69, 9.17) is 14.2 Å². The van der Waals surface area contributed by atoms with Crippen LogP contribution in [0.3, 0.4) is 0 Å². The van der Waals surface area contributed by atoms with E-state index in [0.717, 1.165) is 6.42 Å². The molecule has 0 atom stereocenters. The minimum atomic E-state index is -0.957. The second-order valence-electron chi connectivity index (χ2n) is 7.49. The molecule has 1 aliphatic rings. The maximum Gasteiger partial charge on any atom is 0.283 e. The summed E-state index contributed by atoms with van der Waals surface area (Å²) >= 11 is 0. The molecule has 4 heteroatoms. The van der Waals surface area contributed by atoms with Crippen LogP contribution in [-0.2, 0) is 19.0 Å². The molecular formula is C22H42O4. The van der Waals surface area contributed by atoms with Crippen LogP contribution >= 0.6 is 0 Å². The molecule has 0 bridgehead atoms. The molecule has 1 rings (SSSR count). The fourth-order valence-corrected chi connectivity index (χ4v) is 3.54. The van der Waals surface area contributed by atoms with Gasteiger partial charge in [-0.2, -0.15) is 0 Å². The van der Waals surface area contributed by atoms with Gasteiger partial charge in [-0.15, -0.1) is 0 Å². The van der Waals surface area contributed by atoms with E-state index in [1.54, 1.807) is 0 Å². The topological polar surface area (TPSA) is 44.8 Å². The van der Waals surface area contributed by atoms with Gasteiger partial charge in [0.25, 0.3) is 5.97 Å². The number of hydrogen-bond donors (Lipinski definition) is 0. The van der Waals surface area contributed by atoms with E-state index >= 15 is 0 Å². The summed E-state index contributed by atoms with van der Waals surface area (Å²) in [6.07, 6.45) is 17.5. The molecule has 0 N–H and O–H groups in total. The number of Topliss-reactive ketones (excluding diaryl/α,β-unsaturated/α-hetero) is 1. The van der Waals surface area contributed by atoms with E-state index in [-0.39, 0.29) is 0 Å². The summed E-state index contributed by atoms with van der Waals surface area (Å²) in [6.45, 7) is 5.82. The van der Waals surface area contributed by atoms with Crippen LogP contribution in [-0.4, -0.2) is 31.6 Å². The molecule has 0 aliphatic carbocycles. The van der Waals surface area contributed by atoms with Crippen molar-refractivity contribution in [2.75, 3.05) is 19.8 Å². The average molecular weight is 371 g/mol. The molecule has 1 fully saturated rings. The van der Waals surface area contributed by atoms with Gasteiger partial charge in [-0.05, 0) is 13.3 Å². The Kier molecular flexibility index (Phi) is 14.1. The van der Waals surface area contributed by atoms with Crippen LogP contribution in [0.1, 0.15) is 110 Å². The van der Waals surface area contributed by atoms with Gasteiger partial charge in [-0.3, -0.25) is 4.79 Å². The number of carbonyl (C=O) groups excluding carboxylic acids is 1. The zero-order chi connectivity index (χ0) is 18.9. The minimum Gasteiger partial charge on any atom is -0.328 e. The maximum atomic E-state index is 12.1. The van der Waals surface area contributed by atoms with Crippen molar-refractivity contribution < 1.29 is 19.0 Å². The van der Waals surface area contributed by atoms with Crippen LogP contribution in [0.2, 0.25) is 0 Å². The standard InChI is InChI=1S/C22H42O4/c1-3-5-6-7-8-9-10-11-12-13-14-15-16-21(23)17-18-22(24-4-2)25-19-20-26-22/h3-20H2,1-2H3. The molecule has 0 aromatic rings. The monoisotopic (exact) mass is 370 g/mol. The van der Waals surface area contributed by atoms with Crippen molar-refractivity contribution in [3.05, 3.63) is 0 Å². The lowest BCUT2D eigenvalue weighted by Crippen LogP contribution is -2.34. The molecule has 26 heavy (non-hydrogen) atoms. The second-order valence-corrected chi connectivity index (χ2v) is 7.49. The number of ketones is 1. The highest BCUT2D eigenvalue weighted by atomic mass is 16.9. The Morgan fingerprint density at radius 2 is 1.27 bits per heavy atom. The molecule has 0 amide bonds. The maximum absolute atomic E-state index is 12.1. The predicted molar refractivity (Wildman–Crippen MR) is 106 cm³/mol. The highest BCUT2D eigenvalue weighted by molar-refractivity contribution is 5.78. The molecule has 154 valence electrons. The Balaban J connectivity index is 1.89. The van der Waals surface area contributed by atoms with Crippen LogP contribution in [0.5, 0.6) is 0 Å². The van der Waals surface area contributed by atoms with Crippen LogP contribution < -0.4 is 0 Å². The number of hydrogen-bond acceptors (Lipinski definition) is 4. The second kappa shape index (κ2) is 15.6. The first-order chi connectivity index (χ1) is 12.7. The van der Waals surface area contributed by atoms with Gasteiger partial charge in [0.2, 0.25) is 0 Å². The summed E-state index contributed by atoms with van der Waals surface area (Å²) in [5, 5.41) is 0. The highest BCUT2D eigenvalue weighted by Crippen LogP contribution is 2.27. The van der Waals surface area contributed by atoms with Crippen molar-refractivity contribution in [1.82, 2.24) is 0 Å². The third-order valence-corrected chi connectivity index (χ3v) is 5.11. The van der Waals surface area contributed by atoms with Crippen LogP contribution in [0.25, 0.3) is 0 Å². The lowest BCUT2D eigenvalue weighted by molar-refractivity contribution is -0.332. The zero-order valence-corrected chi connectivity index (χ0v) is 17.4. The Bertz CT molecular complexity index is 337. The summed E-state index contributed by atoms with van der Waals surface area (Å²) in [4.78, 5) is 12.1. The van der Waals surface area contributed by atoms with Gasteiger partial charge in [-0.1, -0.05) is 77.6 Å². The van der Waals surface area contributed by atoms with Crippen molar-refractivity contribution in [3.8, 4) is 0 Å². The van der Waals surface area contributed by atoms with Crippen molar-refractivity contribution in [2.45, 2.75) is 116 Å². The van der Waals surface area contributed by atoms with Gasteiger partial charge < -0.3 is 14.2 Å². The van der Waals surface area contributed by atoms with E-state index in [1.807, 2.05) is 6.92 Å². The van der Waals surface area contributed by atoms with E-state index in [1.165, 1.54) is 70.6 Å². The zero-order valence-electron chi connectivity index (χ0n) is 17.4. The molecule has 0 radical (unpaired) electrons. The van der Waals surface area contributed by atoms with Gasteiger partial charge in [0, 0.05) is 25.9 Å². The fourth-order valence-electron chi connectivity index (χ4n) is 3.54. The Hall–Kier alpha value is -0.450. The molecule has 0 aromatic heterocycles.